The molecule has 32 heavy (non-hydrogen) atoms. The number of benzene rings is 4. The number of aliphatic hydroxyl groups excluding tert-OH is 1. The minimum absolute atomic E-state index is 0.225. The van der Waals surface area contributed by atoms with E-state index >= 15 is 0 Å². The molecular weight excluding hydrogens is 418 g/mol. The van der Waals surface area contributed by atoms with Crippen LogP contribution in [0, 0.1) is 0 Å². The van der Waals surface area contributed by atoms with Gasteiger partial charge < -0.3 is 5.11 Å². The lowest BCUT2D eigenvalue weighted by atomic mass is 9.99. The van der Waals surface area contributed by atoms with E-state index in [2.05, 4.69) is 0 Å². The van der Waals surface area contributed by atoms with Crippen LogP contribution in [0.4, 0.5) is 0 Å². The van der Waals surface area contributed by atoms with Crippen LogP contribution in [0.5, 0.6) is 0 Å². The molecule has 1 aromatic heterocycles. The molecule has 0 saturated carbocycles. The second-order valence-electron chi connectivity index (χ2n) is 7.61. The Bertz CT molecular complexity index is 1490. The summed E-state index contributed by atoms with van der Waals surface area (Å²) in [5.41, 5.74) is 3.36. The van der Waals surface area contributed by atoms with Gasteiger partial charge in [-0.15, -0.1) is 0 Å². The Morgan fingerprint density at radius 2 is 1.28 bits per heavy atom. The Labute approximate surface area is 187 Å². The number of hydrogen-bond acceptors (Lipinski definition) is 3. The van der Waals surface area contributed by atoms with Gasteiger partial charge in [0.15, 0.2) is 0 Å². The van der Waals surface area contributed by atoms with Crippen LogP contribution < -0.4 is 0 Å². The lowest BCUT2D eigenvalue weighted by Gasteiger charge is -2.15. The van der Waals surface area contributed by atoms with E-state index in [0.717, 1.165) is 10.9 Å². The normalized spacial score (nSPS) is 12.7. The van der Waals surface area contributed by atoms with Crippen LogP contribution in [0.3, 0.4) is 0 Å². The monoisotopic (exact) mass is 439 g/mol. The zero-order valence-corrected chi connectivity index (χ0v) is 18.0. The van der Waals surface area contributed by atoms with Crippen molar-refractivity contribution in [3.8, 4) is 11.3 Å². The van der Waals surface area contributed by atoms with Gasteiger partial charge in [-0.2, -0.15) is 0 Å². The summed E-state index contributed by atoms with van der Waals surface area (Å²) in [4.78, 5) is 0.225. The second-order valence-corrected chi connectivity index (χ2v) is 9.40. The third-order valence-electron chi connectivity index (χ3n) is 5.56. The highest BCUT2D eigenvalue weighted by Crippen LogP contribution is 2.34. The third kappa shape index (κ3) is 3.51. The van der Waals surface area contributed by atoms with Gasteiger partial charge in [-0.3, -0.25) is 0 Å². The Balaban J connectivity index is 1.70. The van der Waals surface area contributed by atoms with Crippen LogP contribution >= 0.6 is 0 Å². The van der Waals surface area contributed by atoms with E-state index in [9.17, 15) is 13.5 Å². The molecule has 0 aliphatic heterocycles. The Kier molecular flexibility index (Phi) is 5.13. The molecule has 1 N–H and O–H groups in total. The fraction of sp³-hybridized carbons (Fsp3) is 0.0370. The maximum absolute atomic E-state index is 13.7. The van der Waals surface area contributed by atoms with E-state index in [0.29, 0.717) is 22.3 Å². The number of fused-ring (bicyclic) bond motifs is 1. The van der Waals surface area contributed by atoms with Crippen molar-refractivity contribution in [1.29, 1.82) is 0 Å². The summed E-state index contributed by atoms with van der Waals surface area (Å²) in [6.07, 6.45) is -0.806. The molecule has 0 aliphatic carbocycles. The molecule has 0 spiro atoms. The predicted octanol–water partition coefficient (Wildman–Crippen LogP) is 5.63. The van der Waals surface area contributed by atoms with Gasteiger partial charge in [0, 0.05) is 5.39 Å². The highest BCUT2D eigenvalue weighted by Gasteiger charge is 2.24. The van der Waals surface area contributed by atoms with Gasteiger partial charge in [-0.1, -0.05) is 84.9 Å². The summed E-state index contributed by atoms with van der Waals surface area (Å²) in [5.74, 6) is 0. The van der Waals surface area contributed by atoms with Gasteiger partial charge in [0.2, 0.25) is 0 Å². The molecule has 0 saturated heterocycles. The summed E-state index contributed by atoms with van der Waals surface area (Å²) < 4.78 is 28.7. The fourth-order valence-corrected chi connectivity index (χ4v) is 5.54. The number of nitrogens with zero attached hydrogens (tertiary/aromatic N) is 1. The van der Waals surface area contributed by atoms with Gasteiger partial charge >= 0.3 is 0 Å². The molecule has 4 aromatic carbocycles. The Morgan fingerprint density at radius 1 is 0.656 bits per heavy atom. The maximum atomic E-state index is 13.7. The largest absolute Gasteiger partial charge is 0.384 e. The van der Waals surface area contributed by atoms with Crippen molar-refractivity contribution in [3.63, 3.8) is 0 Å². The summed E-state index contributed by atoms with van der Waals surface area (Å²) in [5, 5.41) is 11.7. The molecule has 0 radical (unpaired) electrons. The molecule has 4 nitrogen and oxygen atoms in total. The quantitative estimate of drug-likeness (QED) is 0.386. The van der Waals surface area contributed by atoms with E-state index in [4.69, 9.17) is 0 Å². The van der Waals surface area contributed by atoms with Crippen LogP contribution in [0.1, 0.15) is 17.2 Å². The molecule has 5 aromatic rings. The van der Waals surface area contributed by atoms with Crippen molar-refractivity contribution in [1.82, 2.24) is 3.97 Å². The van der Waals surface area contributed by atoms with Gasteiger partial charge in [0.25, 0.3) is 10.0 Å². The van der Waals surface area contributed by atoms with E-state index in [-0.39, 0.29) is 4.90 Å². The summed E-state index contributed by atoms with van der Waals surface area (Å²) in [6, 6.07) is 34.5. The second kappa shape index (κ2) is 8.11. The highest BCUT2D eigenvalue weighted by molar-refractivity contribution is 7.90. The average Bonchev–Trinajstić information content (AvgIpc) is 3.25. The first-order chi connectivity index (χ1) is 15.6. The minimum Gasteiger partial charge on any atom is -0.384 e. The Hall–Kier alpha value is -3.67. The number of hydrogen-bond donors (Lipinski definition) is 1. The smallest absolute Gasteiger partial charge is 0.268 e. The zero-order chi connectivity index (χ0) is 22.1. The third-order valence-corrected chi connectivity index (χ3v) is 7.30. The van der Waals surface area contributed by atoms with Crippen LogP contribution in [0.25, 0.3) is 22.2 Å². The van der Waals surface area contributed by atoms with Crippen molar-refractivity contribution in [2.45, 2.75) is 11.0 Å². The number of rotatable bonds is 5. The molecule has 1 heterocycles. The predicted molar refractivity (Wildman–Crippen MR) is 127 cm³/mol. The van der Waals surface area contributed by atoms with Gasteiger partial charge in [0.1, 0.15) is 6.10 Å². The van der Waals surface area contributed by atoms with Crippen molar-refractivity contribution >= 4 is 20.9 Å². The molecular formula is C27H21NO3S. The van der Waals surface area contributed by atoms with E-state index < -0.39 is 16.1 Å². The van der Waals surface area contributed by atoms with Gasteiger partial charge in [-0.25, -0.2) is 12.4 Å². The first-order valence-electron chi connectivity index (χ1n) is 10.3. The topological polar surface area (TPSA) is 59.3 Å². The van der Waals surface area contributed by atoms with Crippen molar-refractivity contribution in [3.05, 3.63) is 126 Å². The van der Waals surface area contributed by atoms with Crippen molar-refractivity contribution in [2.75, 3.05) is 0 Å². The van der Waals surface area contributed by atoms with Crippen LogP contribution in [-0.2, 0) is 10.0 Å². The lowest BCUT2D eigenvalue weighted by Crippen LogP contribution is -2.14. The van der Waals surface area contributed by atoms with Gasteiger partial charge in [-0.05, 0) is 47.0 Å². The fourth-order valence-electron chi connectivity index (χ4n) is 3.98. The van der Waals surface area contributed by atoms with Crippen LogP contribution in [0.2, 0.25) is 0 Å². The molecule has 1 unspecified atom stereocenters. The molecule has 1 atom stereocenters. The summed E-state index contributed by atoms with van der Waals surface area (Å²) >= 11 is 0. The average molecular weight is 440 g/mol. The lowest BCUT2D eigenvalue weighted by molar-refractivity contribution is 0.220. The first-order valence-corrected chi connectivity index (χ1v) is 11.7. The van der Waals surface area contributed by atoms with Crippen LogP contribution in [0.15, 0.2) is 120 Å². The van der Waals surface area contributed by atoms with E-state index in [1.165, 1.54) is 3.97 Å². The SMILES string of the molecule is O=S(=O)(c1ccccc1)n1c(-c2cccc(C(O)c3ccccc3)c2)cc2ccccc21. The molecule has 0 amide bonds. The molecule has 5 heteroatoms. The van der Waals surface area contributed by atoms with E-state index in [1.54, 1.807) is 30.3 Å². The van der Waals surface area contributed by atoms with Crippen molar-refractivity contribution in [2.24, 2.45) is 0 Å². The van der Waals surface area contributed by atoms with Crippen LogP contribution in [-0.4, -0.2) is 17.5 Å². The maximum Gasteiger partial charge on any atom is 0.268 e. The standard InChI is InChI=1S/C27H21NO3S/c29-27(20-10-3-1-4-11-20)23-14-9-13-21(18-23)26-19-22-12-7-8-17-25(22)28(26)32(30,31)24-15-5-2-6-16-24/h1-19,27,29H. The number of para-hydroxylation sites is 1. The summed E-state index contributed by atoms with van der Waals surface area (Å²) in [7, 11) is -3.83. The zero-order valence-electron chi connectivity index (χ0n) is 17.2. The highest BCUT2D eigenvalue weighted by atomic mass is 32.2. The van der Waals surface area contributed by atoms with Gasteiger partial charge in [0.05, 0.1) is 16.1 Å². The summed E-state index contributed by atoms with van der Waals surface area (Å²) in [6.45, 7) is 0. The molecule has 5 rings (SSSR count). The first kappa shape index (κ1) is 20.2. The van der Waals surface area contributed by atoms with Crippen molar-refractivity contribution < 1.29 is 13.5 Å². The van der Waals surface area contributed by atoms with E-state index in [1.807, 2.05) is 84.9 Å². The number of aromatic nitrogens is 1. The molecule has 0 aliphatic rings. The molecule has 158 valence electrons. The molecule has 0 bridgehead atoms. The minimum atomic E-state index is -3.83. The molecule has 0 fully saturated rings. The number of aliphatic hydroxyl groups is 1. The Morgan fingerprint density at radius 3 is 2.03 bits per heavy atom.